The molecule has 0 unspecified atom stereocenters. The summed E-state index contributed by atoms with van der Waals surface area (Å²) in [4.78, 5) is 18.8. The standard InChI is InChI=1S/C21H29N3O3S/c1-4-26-16-5-9-24(10-6-16)21(25)19-13-28-20-12-23(8-7-17(19)20)11-18-14(2)22-27-15(18)3/h13,16H,4-12H2,1-3H3. The Labute approximate surface area is 170 Å². The van der Waals surface area contributed by atoms with Crippen molar-refractivity contribution in [1.29, 1.82) is 0 Å². The van der Waals surface area contributed by atoms with Crippen LogP contribution in [0.1, 0.15) is 57.6 Å². The number of carbonyl (C=O) groups is 1. The van der Waals surface area contributed by atoms with Gasteiger partial charge < -0.3 is 14.2 Å². The fourth-order valence-corrected chi connectivity index (χ4v) is 5.39. The van der Waals surface area contributed by atoms with E-state index in [4.69, 9.17) is 9.26 Å². The number of hydrogen-bond acceptors (Lipinski definition) is 6. The van der Waals surface area contributed by atoms with Crippen molar-refractivity contribution in [3.63, 3.8) is 0 Å². The van der Waals surface area contributed by atoms with Crippen molar-refractivity contribution in [3.8, 4) is 0 Å². The Kier molecular flexibility index (Phi) is 5.85. The lowest BCUT2D eigenvalue weighted by Gasteiger charge is -2.32. The molecule has 0 atom stereocenters. The Morgan fingerprint density at radius 2 is 2.11 bits per heavy atom. The molecular formula is C21H29N3O3S. The normalized spacial score (nSPS) is 18.5. The van der Waals surface area contributed by atoms with Crippen LogP contribution in [-0.4, -0.2) is 53.2 Å². The van der Waals surface area contributed by atoms with Gasteiger partial charge in [0.1, 0.15) is 5.76 Å². The molecule has 0 aliphatic carbocycles. The van der Waals surface area contributed by atoms with E-state index in [1.54, 1.807) is 11.3 Å². The molecule has 1 fully saturated rings. The van der Waals surface area contributed by atoms with Gasteiger partial charge in [0, 0.05) is 55.2 Å². The van der Waals surface area contributed by atoms with Gasteiger partial charge in [-0.25, -0.2) is 0 Å². The van der Waals surface area contributed by atoms with Crippen molar-refractivity contribution < 1.29 is 14.1 Å². The Hall–Kier alpha value is -1.70. The zero-order valence-corrected chi connectivity index (χ0v) is 17.8. The average molecular weight is 404 g/mol. The highest BCUT2D eigenvalue weighted by Gasteiger charge is 2.29. The first-order valence-electron chi connectivity index (χ1n) is 10.2. The molecule has 2 aromatic heterocycles. The van der Waals surface area contributed by atoms with E-state index in [0.717, 1.165) is 75.6 Å². The van der Waals surface area contributed by atoms with Gasteiger partial charge in [0.25, 0.3) is 5.91 Å². The number of aromatic nitrogens is 1. The van der Waals surface area contributed by atoms with Crippen LogP contribution in [0.2, 0.25) is 0 Å². The lowest BCUT2D eigenvalue weighted by molar-refractivity contribution is 0.0145. The van der Waals surface area contributed by atoms with Gasteiger partial charge in [-0.2, -0.15) is 0 Å². The summed E-state index contributed by atoms with van der Waals surface area (Å²) in [5.41, 5.74) is 4.35. The SMILES string of the molecule is CCOC1CCN(C(=O)c2csc3c2CCN(Cc2c(C)noc2C)C3)CC1. The monoisotopic (exact) mass is 403 g/mol. The van der Waals surface area contributed by atoms with E-state index in [2.05, 4.69) is 15.4 Å². The third-order valence-corrected chi connectivity index (χ3v) is 6.96. The Morgan fingerprint density at radius 3 is 2.79 bits per heavy atom. The number of nitrogens with zero attached hydrogens (tertiary/aromatic N) is 3. The lowest BCUT2D eigenvalue weighted by Crippen LogP contribution is -2.41. The van der Waals surface area contributed by atoms with Gasteiger partial charge in [0.2, 0.25) is 0 Å². The van der Waals surface area contributed by atoms with Crippen molar-refractivity contribution in [2.75, 3.05) is 26.2 Å². The minimum atomic E-state index is 0.201. The second-order valence-corrected chi connectivity index (χ2v) is 8.73. The van der Waals surface area contributed by atoms with Crippen LogP contribution < -0.4 is 0 Å². The molecule has 0 saturated carbocycles. The van der Waals surface area contributed by atoms with Gasteiger partial charge in [-0.05, 0) is 45.6 Å². The van der Waals surface area contributed by atoms with E-state index < -0.39 is 0 Å². The molecule has 1 amide bonds. The summed E-state index contributed by atoms with van der Waals surface area (Å²) in [6.45, 7) is 11.1. The first kappa shape index (κ1) is 19.6. The summed E-state index contributed by atoms with van der Waals surface area (Å²) in [6, 6.07) is 0. The van der Waals surface area contributed by atoms with Gasteiger partial charge in [0.15, 0.2) is 0 Å². The summed E-state index contributed by atoms with van der Waals surface area (Å²) in [7, 11) is 0. The topological polar surface area (TPSA) is 58.8 Å². The van der Waals surface area contributed by atoms with Crippen molar-refractivity contribution in [2.45, 2.75) is 59.2 Å². The Morgan fingerprint density at radius 1 is 1.32 bits per heavy atom. The van der Waals surface area contributed by atoms with E-state index in [9.17, 15) is 4.79 Å². The summed E-state index contributed by atoms with van der Waals surface area (Å²) in [6.07, 6.45) is 3.12. The third-order valence-electron chi connectivity index (χ3n) is 5.95. The average Bonchev–Trinajstić information content (AvgIpc) is 3.26. The molecule has 0 spiro atoms. The van der Waals surface area contributed by atoms with Gasteiger partial charge in [-0.3, -0.25) is 9.69 Å². The van der Waals surface area contributed by atoms with E-state index >= 15 is 0 Å². The molecule has 2 aliphatic rings. The number of hydrogen-bond donors (Lipinski definition) is 0. The largest absolute Gasteiger partial charge is 0.378 e. The van der Waals surface area contributed by atoms with Gasteiger partial charge in [0.05, 0.1) is 17.4 Å². The Balaban J connectivity index is 1.40. The number of ether oxygens (including phenoxy) is 1. The van der Waals surface area contributed by atoms with Crippen LogP contribution in [-0.2, 0) is 24.2 Å². The van der Waals surface area contributed by atoms with E-state index in [1.165, 1.54) is 16.0 Å². The Bertz CT molecular complexity index is 817. The molecule has 0 radical (unpaired) electrons. The van der Waals surface area contributed by atoms with Gasteiger partial charge in [-0.15, -0.1) is 11.3 Å². The highest BCUT2D eigenvalue weighted by Crippen LogP contribution is 2.31. The van der Waals surface area contributed by atoms with Crippen LogP contribution in [0.25, 0.3) is 0 Å². The maximum atomic E-state index is 13.1. The summed E-state index contributed by atoms with van der Waals surface area (Å²) < 4.78 is 11.0. The van der Waals surface area contributed by atoms with Crippen molar-refractivity contribution in [3.05, 3.63) is 38.4 Å². The van der Waals surface area contributed by atoms with Gasteiger partial charge in [-0.1, -0.05) is 5.16 Å². The predicted octanol–water partition coefficient (Wildman–Crippen LogP) is 3.55. The number of rotatable bonds is 5. The maximum absolute atomic E-state index is 13.1. The third kappa shape index (κ3) is 3.88. The second kappa shape index (κ2) is 8.35. The van der Waals surface area contributed by atoms with Crippen molar-refractivity contribution in [1.82, 2.24) is 15.0 Å². The molecule has 1 saturated heterocycles. The number of piperidine rings is 1. The molecule has 2 aromatic rings. The molecule has 152 valence electrons. The molecule has 4 rings (SSSR count). The predicted molar refractivity (Wildman–Crippen MR) is 109 cm³/mol. The molecule has 6 nitrogen and oxygen atoms in total. The molecule has 7 heteroatoms. The number of amides is 1. The number of fused-ring (bicyclic) bond motifs is 1. The fraction of sp³-hybridized carbons (Fsp3) is 0.619. The van der Waals surface area contributed by atoms with Crippen LogP contribution >= 0.6 is 11.3 Å². The highest BCUT2D eigenvalue weighted by atomic mass is 32.1. The number of likely N-dealkylation sites (tertiary alicyclic amines) is 1. The zero-order chi connectivity index (χ0) is 19.7. The molecule has 0 bridgehead atoms. The smallest absolute Gasteiger partial charge is 0.254 e. The molecule has 0 aromatic carbocycles. The molecule has 2 aliphatic heterocycles. The van der Waals surface area contributed by atoms with Crippen LogP contribution in [0, 0.1) is 13.8 Å². The van der Waals surface area contributed by atoms with E-state index in [-0.39, 0.29) is 5.91 Å². The van der Waals surface area contributed by atoms with Gasteiger partial charge >= 0.3 is 0 Å². The number of carbonyl (C=O) groups excluding carboxylic acids is 1. The summed E-state index contributed by atoms with van der Waals surface area (Å²) in [5, 5.41) is 6.13. The van der Waals surface area contributed by atoms with E-state index in [0.29, 0.717) is 6.10 Å². The first-order chi connectivity index (χ1) is 13.6. The summed E-state index contributed by atoms with van der Waals surface area (Å²) in [5.74, 6) is 1.10. The maximum Gasteiger partial charge on any atom is 0.254 e. The zero-order valence-electron chi connectivity index (χ0n) is 17.0. The number of aryl methyl sites for hydroxylation is 2. The summed E-state index contributed by atoms with van der Waals surface area (Å²) >= 11 is 1.72. The van der Waals surface area contributed by atoms with Crippen LogP contribution in [0.5, 0.6) is 0 Å². The fourth-order valence-electron chi connectivity index (χ4n) is 4.28. The minimum absolute atomic E-state index is 0.201. The van der Waals surface area contributed by atoms with Crippen LogP contribution in [0.15, 0.2) is 9.90 Å². The van der Waals surface area contributed by atoms with Crippen LogP contribution in [0.3, 0.4) is 0 Å². The van der Waals surface area contributed by atoms with Crippen molar-refractivity contribution in [2.24, 2.45) is 0 Å². The molecule has 28 heavy (non-hydrogen) atoms. The molecular weight excluding hydrogens is 374 g/mol. The second-order valence-electron chi connectivity index (χ2n) is 7.76. The minimum Gasteiger partial charge on any atom is -0.378 e. The lowest BCUT2D eigenvalue weighted by atomic mass is 10.0. The molecule has 0 N–H and O–H groups in total. The highest BCUT2D eigenvalue weighted by molar-refractivity contribution is 7.10. The molecule has 4 heterocycles. The van der Waals surface area contributed by atoms with Crippen molar-refractivity contribution >= 4 is 17.2 Å². The first-order valence-corrected chi connectivity index (χ1v) is 11.1. The number of thiophene rings is 1. The van der Waals surface area contributed by atoms with Crippen LogP contribution in [0.4, 0.5) is 0 Å². The van der Waals surface area contributed by atoms with E-state index in [1.807, 2.05) is 25.7 Å². The quantitative estimate of drug-likeness (QED) is 0.764.